The molecule has 1 aromatic carbocycles. The number of rotatable bonds is 9. The summed E-state index contributed by atoms with van der Waals surface area (Å²) in [5.74, 6) is 1.27. The van der Waals surface area contributed by atoms with Crippen LogP contribution in [0.15, 0.2) is 65.3 Å². The molecule has 0 saturated heterocycles. The number of furan rings is 1. The van der Waals surface area contributed by atoms with Crippen LogP contribution in [-0.4, -0.2) is 37.1 Å². The van der Waals surface area contributed by atoms with Crippen LogP contribution in [0.4, 0.5) is 0 Å². The Morgan fingerprint density at radius 3 is 2.28 bits per heavy atom. The molecule has 0 bridgehead atoms. The van der Waals surface area contributed by atoms with Gasteiger partial charge in [-0.1, -0.05) is 6.07 Å². The Morgan fingerprint density at radius 1 is 0.931 bits per heavy atom. The first-order valence-corrected chi connectivity index (χ1v) is 8.98. The van der Waals surface area contributed by atoms with Crippen LogP contribution in [-0.2, 0) is 6.54 Å². The van der Waals surface area contributed by atoms with Gasteiger partial charge in [-0.05, 0) is 48.5 Å². The first-order valence-electron chi connectivity index (χ1n) is 8.98. The topological polar surface area (TPSA) is 103 Å². The number of ether oxygens (including phenoxy) is 2. The molecule has 2 aromatic heterocycles. The average molecular weight is 395 g/mol. The molecular formula is C21H21N3O5. The highest BCUT2D eigenvalue weighted by atomic mass is 16.5. The molecule has 0 saturated carbocycles. The number of amides is 2. The zero-order valence-electron chi connectivity index (χ0n) is 15.9. The van der Waals surface area contributed by atoms with Gasteiger partial charge in [0.25, 0.3) is 11.8 Å². The smallest absolute Gasteiger partial charge is 0.270 e. The minimum atomic E-state index is -0.390. The van der Waals surface area contributed by atoms with Crippen LogP contribution < -0.4 is 20.1 Å². The van der Waals surface area contributed by atoms with Crippen LogP contribution in [0.5, 0.6) is 11.5 Å². The monoisotopic (exact) mass is 395 g/mol. The Morgan fingerprint density at radius 2 is 1.62 bits per heavy atom. The quantitative estimate of drug-likeness (QED) is 0.540. The van der Waals surface area contributed by atoms with Gasteiger partial charge in [-0.2, -0.15) is 0 Å². The molecule has 3 aromatic rings. The number of hydrogen-bond donors (Lipinski definition) is 2. The second-order valence-electron chi connectivity index (χ2n) is 5.95. The SMILES string of the molecule is COc1ccc(OCCNC(=O)c2cccc(C(=O)NCc3ccco3)n2)cc1. The van der Waals surface area contributed by atoms with Crippen molar-refractivity contribution in [1.29, 1.82) is 0 Å². The van der Waals surface area contributed by atoms with Gasteiger partial charge in [0.05, 0.1) is 26.5 Å². The highest BCUT2D eigenvalue weighted by molar-refractivity contribution is 5.96. The third-order valence-corrected chi connectivity index (χ3v) is 3.93. The van der Waals surface area contributed by atoms with Crippen LogP contribution in [0.25, 0.3) is 0 Å². The maximum Gasteiger partial charge on any atom is 0.270 e. The van der Waals surface area contributed by atoms with Crippen LogP contribution in [0.1, 0.15) is 26.7 Å². The van der Waals surface area contributed by atoms with Gasteiger partial charge in [0.15, 0.2) is 0 Å². The zero-order chi connectivity index (χ0) is 20.5. The van der Waals surface area contributed by atoms with E-state index in [2.05, 4.69) is 15.6 Å². The molecule has 0 unspecified atom stereocenters. The summed E-state index contributed by atoms with van der Waals surface area (Å²) in [6, 6.07) is 15.3. The molecule has 0 atom stereocenters. The molecule has 8 heteroatoms. The summed E-state index contributed by atoms with van der Waals surface area (Å²) in [4.78, 5) is 28.6. The lowest BCUT2D eigenvalue weighted by Crippen LogP contribution is -2.30. The van der Waals surface area contributed by atoms with Gasteiger partial charge in [0, 0.05) is 0 Å². The fraction of sp³-hybridized carbons (Fsp3) is 0.190. The van der Waals surface area contributed by atoms with Gasteiger partial charge in [-0.3, -0.25) is 9.59 Å². The highest BCUT2D eigenvalue weighted by Crippen LogP contribution is 2.16. The number of pyridine rings is 1. The van der Waals surface area contributed by atoms with E-state index in [1.807, 2.05) is 0 Å². The molecule has 2 N–H and O–H groups in total. The average Bonchev–Trinajstić information content (AvgIpc) is 3.29. The van der Waals surface area contributed by atoms with Crippen molar-refractivity contribution in [2.75, 3.05) is 20.3 Å². The summed E-state index contributed by atoms with van der Waals surface area (Å²) in [7, 11) is 1.59. The molecule has 29 heavy (non-hydrogen) atoms. The lowest BCUT2D eigenvalue weighted by molar-refractivity contribution is 0.0937. The van der Waals surface area contributed by atoms with Crippen molar-refractivity contribution in [3.63, 3.8) is 0 Å². The van der Waals surface area contributed by atoms with E-state index in [1.54, 1.807) is 61.7 Å². The van der Waals surface area contributed by atoms with Crippen molar-refractivity contribution in [2.24, 2.45) is 0 Å². The second-order valence-corrected chi connectivity index (χ2v) is 5.95. The fourth-order valence-electron chi connectivity index (χ4n) is 2.45. The number of nitrogens with one attached hydrogen (secondary N) is 2. The molecule has 0 spiro atoms. The third-order valence-electron chi connectivity index (χ3n) is 3.93. The Bertz CT molecular complexity index is 939. The lowest BCUT2D eigenvalue weighted by atomic mass is 10.2. The molecule has 0 aliphatic carbocycles. The molecule has 0 aliphatic heterocycles. The number of benzene rings is 1. The summed E-state index contributed by atoms with van der Waals surface area (Å²) < 4.78 is 15.8. The summed E-state index contributed by atoms with van der Waals surface area (Å²) in [5, 5.41) is 5.40. The minimum Gasteiger partial charge on any atom is -0.497 e. The minimum absolute atomic E-state index is 0.152. The van der Waals surface area contributed by atoms with Crippen molar-refractivity contribution in [2.45, 2.75) is 6.54 Å². The zero-order valence-corrected chi connectivity index (χ0v) is 15.9. The number of carbonyl (C=O) groups is 2. The van der Waals surface area contributed by atoms with Gasteiger partial charge in [-0.25, -0.2) is 4.98 Å². The van der Waals surface area contributed by atoms with Crippen LogP contribution in [0.3, 0.4) is 0 Å². The van der Waals surface area contributed by atoms with Gasteiger partial charge in [0.1, 0.15) is 35.3 Å². The van der Waals surface area contributed by atoms with Crippen molar-refractivity contribution in [3.8, 4) is 11.5 Å². The second kappa shape index (κ2) is 9.93. The Hall–Kier alpha value is -3.81. The summed E-state index contributed by atoms with van der Waals surface area (Å²) in [6.07, 6.45) is 1.53. The van der Waals surface area contributed by atoms with E-state index >= 15 is 0 Å². The molecular weight excluding hydrogens is 374 g/mol. The van der Waals surface area contributed by atoms with E-state index < -0.39 is 0 Å². The number of carbonyl (C=O) groups excluding carboxylic acids is 2. The molecule has 8 nitrogen and oxygen atoms in total. The molecule has 2 amide bonds. The first kappa shape index (κ1) is 19.9. The van der Waals surface area contributed by atoms with Gasteiger partial charge < -0.3 is 24.5 Å². The predicted molar refractivity (Wildman–Crippen MR) is 105 cm³/mol. The number of nitrogens with zero attached hydrogens (tertiary/aromatic N) is 1. The van der Waals surface area contributed by atoms with E-state index in [-0.39, 0.29) is 29.7 Å². The van der Waals surface area contributed by atoms with Crippen LogP contribution >= 0.6 is 0 Å². The van der Waals surface area contributed by atoms with E-state index in [9.17, 15) is 9.59 Å². The third kappa shape index (κ3) is 5.83. The molecule has 3 rings (SSSR count). The van der Waals surface area contributed by atoms with Crippen molar-refractivity contribution in [3.05, 3.63) is 78.0 Å². The standard InChI is InChI=1S/C21H21N3O5/c1-27-15-7-9-16(10-8-15)29-13-11-22-20(25)18-5-2-6-19(24-18)21(26)23-14-17-4-3-12-28-17/h2-10,12H,11,13-14H2,1H3,(H,22,25)(H,23,26). The predicted octanol–water partition coefficient (Wildman–Crippen LogP) is 2.42. The maximum atomic E-state index is 12.3. The lowest BCUT2D eigenvalue weighted by Gasteiger charge is -2.09. The largest absolute Gasteiger partial charge is 0.497 e. The number of hydrogen-bond acceptors (Lipinski definition) is 6. The molecule has 0 radical (unpaired) electrons. The summed E-state index contributed by atoms with van der Waals surface area (Å²) in [6.45, 7) is 0.829. The van der Waals surface area contributed by atoms with Gasteiger partial charge >= 0.3 is 0 Å². The summed E-state index contributed by atoms with van der Waals surface area (Å²) in [5.41, 5.74) is 0.304. The molecule has 150 valence electrons. The maximum absolute atomic E-state index is 12.3. The molecule has 0 aliphatic rings. The van der Waals surface area contributed by atoms with E-state index in [1.165, 1.54) is 6.26 Å². The molecule has 0 fully saturated rings. The molecule has 2 heterocycles. The van der Waals surface area contributed by atoms with E-state index in [0.29, 0.717) is 24.7 Å². The van der Waals surface area contributed by atoms with Crippen LogP contribution in [0, 0.1) is 0 Å². The van der Waals surface area contributed by atoms with Crippen molar-refractivity contribution < 1.29 is 23.5 Å². The fourth-order valence-corrected chi connectivity index (χ4v) is 2.45. The Balaban J connectivity index is 1.46. The van der Waals surface area contributed by atoms with Gasteiger partial charge in [0.2, 0.25) is 0 Å². The van der Waals surface area contributed by atoms with E-state index in [4.69, 9.17) is 13.9 Å². The highest BCUT2D eigenvalue weighted by Gasteiger charge is 2.12. The van der Waals surface area contributed by atoms with E-state index in [0.717, 1.165) is 5.75 Å². The summed E-state index contributed by atoms with van der Waals surface area (Å²) >= 11 is 0. The first-order chi connectivity index (χ1) is 14.2. The van der Waals surface area contributed by atoms with Gasteiger partial charge in [-0.15, -0.1) is 0 Å². The van der Waals surface area contributed by atoms with Crippen LogP contribution in [0.2, 0.25) is 0 Å². The van der Waals surface area contributed by atoms with Crippen molar-refractivity contribution in [1.82, 2.24) is 15.6 Å². The van der Waals surface area contributed by atoms with Crippen molar-refractivity contribution >= 4 is 11.8 Å². The number of aromatic nitrogens is 1. The number of methoxy groups -OCH3 is 1. The normalized spacial score (nSPS) is 10.2. The Kier molecular flexibility index (Phi) is 6.83. The Labute approximate surface area is 167 Å².